The van der Waals surface area contributed by atoms with Crippen LogP contribution in [-0.4, -0.2) is 25.6 Å². The Morgan fingerprint density at radius 1 is 1.30 bits per heavy atom. The van der Waals surface area contributed by atoms with Gasteiger partial charge < -0.3 is 5.32 Å². The first kappa shape index (κ1) is 14.7. The van der Waals surface area contributed by atoms with Crippen molar-refractivity contribution in [3.05, 3.63) is 35.7 Å². The van der Waals surface area contributed by atoms with Gasteiger partial charge in [0.25, 0.3) is 0 Å². The van der Waals surface area contributed by atoms with Crippen molar-refractivity contribution in [2.75, 3.05) is 0 Å². The van der Waals surface area contributed by atoms with Gasteiger partial charge in [-0.15, -0.1) is 0 Å². The highest BCUT2D eigenvalue weighted by atomic mass is 15.2. The molecule has 5 heteroatoms. The van der Waals surface area contributed by atoms with Crippen molar-refractivity contribution in [1.82, 2.24) is 24.8 Å². The molecule has 0 saturated carbocycles. The molecule has 0 amide bonds. The van der Waals surface area contributed by atoms with Crippen LogP contribution in [0.5, 0.6) is 0 Å². The molecule has 0 bridgehead atoms. The van der Waals surface area contributed by atoms with Crippen molar-refractivity contribution in [2.45, 2.75) is 53.1 Å². The van der Waals surface area contributed by atoms with Crippen LogP contribution in [0.2, 0.25) is 0 Å². The van der Waals surface area contributed by atoms with Crippen molar-refractivity contribution < 1.29 is 0 Å². The van der Waals surface area contributed by atoms with Gasteiger partial charge in [0.05, 0.1) is 0 Å². The van der Waals surface area contributed by atoms with Crippen molar-refractivity contribution in [3.8, 4) is 5.95 Å². The molecule has 2 rings (SSSR count). The average Bonchev–Trinajstić information content (AvgIpc) is 2.86. The highest BCUT2D eigenvalue weighted by molar-refractivity contribution is 5.23. The van der Waals surface area contributed by atoms with Gasteiger partial charge in [0.2, 0.25) is 5.95 Å². The molecule has 0 aliphatic heterocycles. The van der Waals surface area contributed by atoms with Gasteiger partial charge in [-0.25, -0.2) is 15.0 Å². The fourth-order valence-electron chi connectivity index (χ4n) is 2.01. The molecule has 0 fully saturated rings. The van der Waals surface area contributed by atoms with E-state index < -0.39 is 0 Å². The number of nitrogens with zero attached hydrogens (tertiary/aromatic N) is 4. The first-order chi connectivity index (χ1) is 9.61. The molecule has 0 aromatic carbocycles. The number of aryl methyl sites for hydroxylation is 2. The van der Waals surface area contributed by atoms with E-state index in [1.165, 1.54) is 0 Å². The molecule has 0 radical (unpaired) electrons. The average molecular weight is 273 g/mol. The summed E-state index contributed by atoms with van der Waals surface area (Å²) in [5, 5.41) is 3.39. The molecule has 108 valence electrons. The van der Waals surface area contributed by atoms with Crippen LogP contribution in [0, 0.1) is 6.92 Å². The second-order valence-electron chi connectivity index (χ2n) is 5.28. The summed E-state index contributed by atoms with van der Waals surface area (Å²) < 4.78 is 1.97. The Balaban J connectivity index is 2.22. The van der Waals surface area contributed by atoms with E-state index >= 15 is 0 Å². The third-order valence-corrected chi connectivity index (χ3v) is 3.18. The standard InChI is InChI=1S/C15H23N5/c1-5-6-14-16-7-8-20(14)15-18-10-13(12(4)19-15)9-17-11(2)3/h7-8,10-11,17H,5-6,9H2,1-4H3. The van der Waals surface area contributed by atoms with Gasteiger partial charge in [-0.2, -0.15) is 0 Å². The minimum atomic E-state index is 0.457. The molecule has 1 N–H and O–H groups in total. The number of hydrogen-bond acceptors (Lipinski definition) is 4. The number of aromatic nitrogens is 4. The van der Waals surface area contributed by atoms with Crippen LogP contribution in [0.3, 0.4) is 0 Å². The lowest BCUT2D eigenvalue weighted by atomic mass is 10.2. The number of imidazole rings is 1. The molecule has 0 aliphatic carbocycles. The van der Waals surface area contributed by atoms with Crippen LogP contribution in [0.4, 0.5) is 0 Å². The fraction of sp³-hybridized carbons (Fsp3) is 0.533. The molecular formula is C15H23N5. The topological polar surface area (TPSA) is 55.6 Å². The summed E-state index contributed by atoms with van der Waals surface area (Å²) in [6.07, 6.45) is 7.63. The Morgan fingerprint density at radius 3 is 2.75 bits per heavy atom. The van der Waals surface area contributed by atoms with E-state index in [1.807, 2.05) is 23.9 Å². The Morgan fingerprint density at radius 2 is 2.10 bits per heavy atom. The fourth-order valence-corrected chi connectivity index (χ4v) is 2.01. The molecule has 2 aromatic rings. The summed E-state index contributed by atoms with van der Waals surface area (Å²) in [6, 6.07) is 0.457. The minimum absolute atomic E-state index is 0.457. The van der Waals surface area contributed by atoms with Crippen LogP contribution < -0.4 is 5.32 Å². The zero-order valence-corrected chi connectivity index (χ0v) is 12.7. The highest BCUT2D eigenvalue weighted by Crippen LogP contribution is 2.11. The Labute approximate surface area is 120 Å². The lowest BCUT2D eigenvalue weighted by Gasteiger charge is -2.11. The van der Waals surface area contributed by atoms with Crippen LogP contribution in [0.1, 0.15) is 44.3 Å². The zero-order valence-electron chi connectivity index (χ0n) is 12.7. The number of hydrogen-bond donors (Lipinski definition) is 1. The predicted molar refractivity (Wildman–Crippen MR) is 79.9 cm³/mol. The monoisotopic (exact) mass is 273 g/mol. The van der Waals surface area contributed by atoms with Gasteiger partial charge in [-0.3, -0.25) is 4.57 Å². The first-order valence-corrected chi connectivity index (χ1v) is 7.20. The van der Waals surface area contributed by atoms with E-state index in [0.29, 0.717) is 12.0 Å². The van der Waals surface area contributed by atoms with Gasteiger partial charge in [0.1, 0.15) is 5.82 Å². The summed E-state index contributed by atoms with van der Waals surface area (Å²) in [4.78, 5) is 13.4. The lowest BCUT2D eigenvalue weighted by Crippen LogP contribution is -2.23. The summed E-state index contributed by atoms with van der Waals surface area (Å²) in [5.41, 5.74) is 2.15. The Bertz CT molecular complexity index is 559. The maximum Gasteiger partial charge on any atom is 0.235 e. The second-order valence-corrected chi connectivity index (χ2v) is 5.28. The molecule has 2 aromatic heterocycles. The summed E-state index contributed by atoms with van der Waals surface area (Å²) in [6.45, 7) is 9.24. The van der Waals surface area contributed by atoms with E-state index in [-0.39, 0.29) is 0 Å². The molecular weight excluding hydrogens is 250 g/mol. The second kappa shape index (κ2) is 6.61. The van der Waals surface area contributed by atoms with Gasteiger partial charge in [0, 0.05) is 48.9 Å². The molecule has 0 saturated heterocycles. The molecule has 0 spiro atoms. The normalized spacial score (nSPS) is 11.2. The summed E-state index contributed by atoms with van der Waals surface area (Å²) in [5.74, 6) is 1.72. The van der Waals surface area contributed by atoms with E-state index in [4.69, 9.17) is 0 Å². The van der Waals surface area contributed by atoms with E-state index in [0.717, 1.165) is 36.5 Å². The van der Waals surface area contributed by atoms with Gasteiger partial charge in [-0.05, 0) is 13.3 Å². The van der Waals surface area contributed by atoms with E-state index in [1.54, 1.807) is 6.20 Å². The molecule has 0 aliphatic rings. The maximum atomic E-state index is 4.61. The largest absolute Gasteiger partial charge is 0.310 e. The zero-order chi connectivity index (χ0) is 14.5. The molecule has 2 heterocycles. The number of rotatable bonds is 6. The Kier molecular flexibility index (Phi) is 4.84. The lowest BCUT2D eigenvalue weighted by molar-refractivity contribution is 0.584. The first-order valence-electron chi connectivity index (χ1n) is 7.20. The maximum absolute atomic E-state index is 4.61. The van der Waals surface area contributed by atoms with Crippen LogP contribution in [0.25, 0.3) is 5.95 Å². The highest BCUT2D eigenvalue weighted by Gasteiger charge is 2.09. The number of nitrogens with one attached hydrogen (secondary N) is 1. The van der Waals surface area contributed by atoms with Gasteiger partial charge >= 0.3 is 0 Å². The van der Waals surface area contributed by atoms with Crippen LogP contribution in [0.15, 0.2) is 18.6 Å². The minimum Gasteiger partial charge on any atom is -0.310 e. The third kappa shape index (κ3) is 3.42. The van der Waals surface area contributed by atoms with Gasteiger partial charge in [0.15, 0.2) is 0 Å². The molecule has 0 atom stereocenters. The summed E-state index contributed by atoms with van der Waals surface area (Å²) >= 11 is 0. The van der Waals surface area contributed by atoms with Crippen molar-refractivity contribution in [3.63, 3.8) is 0 Å². The molecule has 5 nitrogen and oxygen atoms in total. The SMILES string of the molecule is CCCc1nccn1-c1ncc(CNC(C)C)c(C)n1. The summed E-state index contributed by atoms with van der Waals surface area (Å²) in [7, 11) is 0. The molecule has 0 unspecified atom stereocenters. The van der Waals surface area contributed by atoms with Gasteiger partial charge in [-0.1, -0.05) is 20.8 Å². The van der Waals surface area contributed by atoms with Crippen molar-refractivity contribution in [2.24, 2.45) is 0 Å². The Hall–Kier alpha value is -1.75. The quantitative estimate of drug-likeness (QED) is 0.878. The van der Waals surface area contributed by atoms with E-state index in [2.05, 4.69) is 41.0 Å². The van der Waals surface area contributed by atoms with Crippen LogP contribution >= 0.6 is 0 Å². The van der Waals surface area contributed by atoms with Crippen molar-refractivity contribution >= 4 is 0 Å². The predicted octanol–water partition coefficient (Wildman–Crippen LogP) is 2.42. The van der Waals surface area contributed by atoms with E-state index in [9.17, 15) is 0 Å². The van der Waals surface area contributed by atoms with Crippen LogP contribution in [-0.2, 0) is 13.0 Å². The van der Waals surface area contributed by atoms with Crippen molar-refractivity contribution in [1.29, 1.82) is 0 Å². The molecule has 20 heavy (non-hydrogen) atoms. The third-order valence-electron chi connectivity index (χ3n) is 3.18. The smallest absolute Gasteiger partial charge is 0.235 e.